The normalized spacial score (nSPS) is 32.5. The highest BCUT2D eigenvalue weighted by Gasteiger charge is 2.52. The zero-order valence-corrected chi connectivity index (χ0v) is 12.7. The van der Waals surface area contributed by atoms with E-state index in [1.54, 1.807) is 9.91 Å². The lowest BCUT2D eigenvalue weighted by atomic mass is 9.77. The van der Waals surface area contributed by atoms with E-state index in [2.05, 4.69) is 24.3 Å². The average molecular weight is 293 g/mol. The number of fused-ring (bicyclic) bond motifs is 6. The maximum Gasteiger partial charge on any atom is 0.345 e. The van der Waals surface area contributed by atoms with E-state index in [0.29, 0.717) is 11.8 Å². The predicted molar refractivity (Wildman–Crippen MR) is 84.2 cm³/mol. The summed E-state index contributed by atoms with van der Waals surface area (Å²) in [4.78, 5) is 14.2. The molecular weight excluding hydrogens is 274 g/mol. The summed E-state index contributed by atoms with van der Waals surface area (Å²) in [5, 5.41) is 6.48. The van der Waals surface area contributed by atoms with Crippen LogP contribution >= 0.6 is 0 Å². The molecule has 0 aromatic heterocycles. The molecule has 4 heteroatoms. The number of benzene rings is 1. The van der Waals surface area contributed by atoms with Crippen molar-refractivity contribution in [3.05, 3.63) is 47.2 Å². The zero-order chi connectivity index (χ0) is 14.8. The van der Waals surface area contributed by atoms with Crippen LogP contribution in [0.3, 0.4) is 0 Å². The minimum atomic E-state index is 0.0113. The Hall–Kier alpha value is -2.10. The van der Waals surface area contributed by atoms with Gasteiger partial charge in [0.1, 0.15) is 0 Å². The van der Waals surface area contributed by atoms with Gasteiger partial charge in [0.2, 0.25) is 0 Å². The van der Waals surface area contributed by atoms with E-state index in [1.807, 2.05) is 13.1 Å². The smallest absolute Gasteiger partial charge is 0.320 e. The molecule has 0 N–H and O–H groups in total. The van der Waals surface area contributed by atoms with Gasteiger partial charge in [-0.15, -0.1) is 0 Å². The Morgan fingerprint density at radius 1 is 1.18 bits per heavy atom. The summed E-state index contributed by atoms with van der Waals surface area (Å²) in [5.41, 5.74) is 4.96. The topological polar surface area (TPSA) is 35.9 Å². The lowest BCUT2D eigenvalue weighted by molar-refractivity contribution is 0.201. The van der Waals surface area contributed by atoms with E-state index in [4.69, 9.17) is 5.10 Å². The summed E-state index contributed by atoms with van der Waals surface area (Å²) in [6.07, 6.45) is 3.87. The standard InChI is InChI=1S/C18H19N3O/c1-20-10-14-15-12-7-8-13(9-12)16(15)17(19-21(14)18(20)22)11-5-3-2-4-6-11/h2-6,12-13,16H,7-10H2,1H3. The minimum absolute atomic E-state index is 0.0113. The van der Waals surface area contributed by atoms with Crippen molar-refractivity contribution in [2.75, 3.05) is 13.6 Å². The van der Waals surface area contributed by atoms with Gasteiger partial charge in [-0.05, 0) is 42.2 Å². The number of hydrogen-bond acceptors (Lipinski definition) is 2. The summed E-state index contributed by atoms with van der Waals surface area (Å²) in [6.45, 7) is 0.722. The molecule has 112 valence electrons. The van der Waals surface area contributed by atoms with Gasteiger partial charge in [0.05, 0.1) is 18.0 Å². The number of hydrogen-bond donors (Lipinski definition) is 0. The van der Waals surface area contributed by atoms with Crippen molar-refractivity contribution in [1.82, 2.24) is 9.91 Å². The zero-order valence-electron chi connectivity index (χ0n) is 12.7. The fourth-order valence-corrected chi connectivity index (χ4v) is 4.86. The molecule has 4 aliphatic rings. The Bertz CT molecular complexity index is 721. The third-order valence-corrected chi connectivity index (χ3v) is 5.77. The monoisotopic (exact) mass is 293 g/mol. The number of amides is 2. The highest BCUT2D eigenvalue weighted by atomic mass is 16.2. The summed E-state index contributed by atoms with van der Waals surface area (Å²) in [7, 11) is 1.87. The van der Waals surface area contributed by atoms with E-state index >= 15 is 0 Å². The number of carbonyl (C=O) groups excluding carboxylic acids is 1. The summed E-state index contributed by atoms with van der Waals surface area (Å²) < 4.78 is 0. The molecule has 5 rings (SSSR count). The van der Waals surface area contributed by atoms with Crippen LogP contribution in [0.5, 0.6) is 0 Å². The van der Waals surface area contributed by atoms with Gasteiger partial charge in [-0.1, -0.05) is 30.3 Å². The van der Waals surface area contributed by atoms with Gasteiger partial charge in [0.15, 0.2) is 0 Å². The van der Waals surface area contributed by atoms with E-state index in [9.17, 15) is 4.79 Å². The summed E-state index contributed by atoms with van der Waals surface area (Å²) in [5.74, 6) is 1.82. The molecule has 2 heterocycles. The number of rotatable bonds is 1. The third-order valence-electron chi connectivity index (χ3n) is 5.77. The van der Waals surface area contributed by atoms with Crippen LogP contribution < -0.4 is 0 Å². The van der Waals surface area contributed by atoms with Gasteiger partial charge in [-0.25, -0.2) is 4.79 Å². The Labute approximate surface area is 130 Å². The molecule has 1 aromatic carbocycles. The SMILES string of the molecule is CN1CC2=C3C4CCC(C4)C3C(c3ccccc3)=NN2C1=O. The van der Waals surface area contributed by atoms with Crippen LogP contribution in [0.2, 0.25) is 0 Å². The number of nitrogens with zero attached hydrogens (tertiary/aromatic N) is 3. The fourth-order valence-electron chi connectivity index (χ4n) is 4.86. The molecule has 3 unspecified atom stereocenters. The maximum absolute atomic E-state index is 12.4. The number of carbonyl (C=O) groups is 1. The van der Waals surface area contributed by atoms with E-state index in [0.717, 1.165) is 18.2 Å². The van der Waals surface area contributed by atoms with Crippen LogP contribution in [0.4, 0.5) is 4.79 Å². The quantitative estimate of drug-likeness (QED) is 0.784. The summed E-state index contributed by atoms with van der Waals surface area (Å²) in [6, 6.07) is 10.4. The third kappa shape index (κ3) is 1.47. The van der Waals surface area contributed by atoms with E-state index in [-0.39, 0.29) is 6.03 Å². The van der Waals surface area contributed by atoms with E-state index < -0.39 is 0 Å². The molecule has 2 bridgehead atoms. The van der Waals surface area contributed by atoms with Crippen molar-refractivity contribution < 1.29 is 4.79 Å². The van der Waals surface area contributed by atoms with Crippen molar-refractivity contribution in [2.24, 2.45) is 22.9 Å². The van der Waals surface area contributed by atoms with Crippen LogP contribution in [0, 0.1) is 17.8 Å². The molecule has 3 fully saturated rings. The maximum atomic E-state index is 12.4. The first-order chi connectivity index (χ1) is 10.7. The number of likely N-dealkylation sites (N-methyl/N-ethyl adjacent to an activating group) is 1. The second kappa shape index (κ2) is 4.22. The van der Waals surface area contributed by atoms with Gasteiger partial charge in [-0.2, -0.15) is 10.1 Å². The molecular formula is C18H19N3O. The lowest BCUT2D eigenvalue weighted by Gasteiger charge is -2.33. The van der Waals surface area contributed by atoms with Crippen molar-refractivity contribution >= 4 is 11.7 Å². The minimum Gasteiger partial charge on any atom is -0.320 e. The Morgan fingerprint density at radius 3 is 2.82 bits per heavy atom. The highest BCUT2D eigenvalue weighted by Crippen LogP contribution is 2.56. The molecule has 3 atom stereocenters. The Kier molecular flexibility index (Phi) is 2.38. The van der Waals surface area contributed by atoms with Crippen molar-refractivity contribution in [3.8, 4) is 0 Å². The number of urea groups is 1. The fraction of sp³-hybridized carbons (Fsp3) is 0.444. The molecule has 1 aromatic rings. The molecule has 22 heavy (non-hydrogen) atoms. The molecule has 4 nitrogen and oxygen atoms in total. The Morgan fingerprint density at radius 2 is 2.00 bits per heavy atom. The van der Waals surface area contributed by atoms with Gasteiger partial charge in [0.25, 0.3) is 0 Å². The van der Waals surface area contributed by atoms with Crippen molar-refractivity contribution in [3.63, 3.8) is 0 Å². The van der Waals surface area contributed by atoms with Crippen LogP contribution in [0.1, 0.15) is 24.8 Å². The number of hydrazone groups is 1. The average Bonchev–Trinajstić information content (AvgIpc) is 3.23. The second-order valence-corrected chi connectivity index (χ2v) is 6.95. The first-order valence-electron chi connectivity index (χ1n) is 8.16. The van der Waals surface area contributed by atoms with Gasteiger partial charge >= 0.3 is 6.03 Å². The Balaban J connectivity index is 1.69. The van der Waals surface area contributed by atoms with Crippen LogP contribution in [-0.4, -0.2) is 35.2 Å². The molecule has 0 spiro atoms. The molecule has 1 saturated heterocycles. The van der Waals surface area contributed by atoms with Gasteiger partial charge in [-0.3, -0.25) is 0 Å². The predicted octanol–water partition coefficient (Wildman–Crippen LogP) is 3.07. The van der Waals surface area contributed by atoms with Crippen molar-refractivity contribution in [1.29, 1.82) is 0 Å². The molecule has 2 amide bonds. The number of allylic oxidation sites excluding steroid dienone is 1. The second-order valence-electron chi connectivity index (χ2n) is 6.95. The van der Waals surface area contributed by atoms with Gasteiger partial charge in [0, 0.05) is 13.0 Å². The molecule has 2 saturated carbocycles. The molecule has 2 aliphatic carbocycles. The van der Waals surface area contributed by atoms with Gasteiger partial charge < -0.3 is 4.90 Å². The van der Waals surface area contributed by atoms with Crippen LogP contribution in [0.25, 0.3) is 0 Å². The highest BCUT2D eigenvalue weighted by molar-refractivity contribution is 6.06. The van der Waals surface area contributed by atoms with Crippen LogP contribution in [0.15, 0.2) is 46.7 Å². The van der Waals surface area contributed by atoms with Crippen LogP contribution in [-0.2, 0) is 0 Å². The largest absolute Gasteiger partial charge is 0.345 e. The first kappa shape index (κ1) is 12.4. The first-order valence-corrected chi connectivity index (χ1v) is 8.16. The van der Waals surface area contributed by atoms with E-state index in [1.165, 1.54) is 36.1 Å². The summed E-state index contributed by atoms with van der Waals surface area (Å²) >= 11 is 0. The lowest BCUT2D eigenvalue weighted by Crippen LogP contribution is -2.35. The molecule has 2 aliphatic heterocycles. The molecule has 0 radical (unpaired) electrons. The van der Waals surface area contributed by atoms with Crippen molar-refractivity contribution in [2.45, 2.75) is 19.3 Å².